The lowest BCUT2D eigenvalue weighted by Crippen LogP contribution is -2.62. The van der Waals surface area contributed by atoms with Crippen molar-refractivity contribution in [3.63, 3.8) is 0 Å². The third kappa shape index (κ3) is 2.91. The third-order valence-electron chi connectivity index (χ3n) is 8.08. The number of benzene rings is 1. The van der Waals surface area contributed by atoms with Gasteiger partial charge >= 0.3 is 0 Å². The molecule has 28 heavy (non-hydrogen) atoms. The Labute approximate surface area is 169 Å². The lowest BCUT2D eigenvalue weighted by atomic mass is 9.40. The first-order valence-corrected chi connectivity index (χ1v) is 11.0. The second-order valence-corrected chi connectivity index (χ2v) is 10.9. The van der Waals surface area contributed by atoms with E-state index in [0.29, 0.717) is 16.7 Å². The summed E-state index contributed by atoms with van der Waals surface area (Å²) in [6, 6.07) is 8.28. The molecule has 4 heteroatoms. The summed E-state index contributed by atoms with van der Waals surface area (Å²) in [7, 11) is 1.70. The van der Waals surface area contributed by atoms with Gasteiger partial charge in [0.15, 0.2) is 0 Å². The molecule has 4 bridgehead atoms. The van der Waals surface area contributed by atoms with Gasteiger partial charge < -0.3 is 14.5 Å². The van der Waals surface area contributed by atoms with Crippen LogP contribution in [0.25, 0.3) is 0 Å². The van der Waals surface area contributed by atoms with Gasteiger partial charge in [-0.1, -0.05) is 13.8 Å². The van der Waals surface area contributed by atoms with Crippen LogP contribution in [0.4, 0.5) is 5.69 Å². The van der Waals surface area contributed by atoms with Crippen LogP contribution < -0.4 is 9.64 Å². The number of ether oxygens (including phenoxy) is 1. The molecule has 1 aromatic carbocycles. The highest BCUT2D eigenvalue weighted by atomic mass is 16.5. The smallest absolute Gasteiger partial charge is 0.228 e. The van der Waals surface area contributed by atoms with E-state index in [-0.39, 0.29) is 5.41 Å². The fourth-order valence-electron chi connectivity index (χ4n) is 7.98. The Morgan fingerprint density at radius 2 is 1.54 bits per heavy atom. The van der Waals surface area contributed by atoms with E-state index in [1.165, 1.54) is 24.9 Å². The molecule has 4 aliphatic carbocycles. The summed E-state index contributed by atoms with van der Waals surface area (Å²) in [4.78, 5) is 18.3. The fourth-order valence-corrected chi connectivity index (χ4v) is 7.98. The number of carbonyl (C=O) groups excluding carboxylic acids is 1. The summed E-state index contributed by atoms with van der Waals surface area (Å²) >= 11 is 0. The Morgan fingerprint density at radius 1 is 0.929 bits per heavy atom. The van der Waals surface area contributed by atoms with Crippen LogP contribution in [-0.2, 0) is 4.79 Å². The van der Waals surface area contributed by atoms with E-state index >= 15 is 0 Å². The SMILES string of the molecule is COc1ccc(N2CCN(C(=O)C34CC5CC(C)(CC(C)(C5)C3)C4)CC2)cc1. The number of amides is 1. The van der Waals surface area contributed by atoms with Crippen molar-refractivity contribution in [3.05, 3.63) is 24.3 Å². The van der Waals surface area contributed by atoms with E-state index in [1.807, 2.05) is 12.1 Å². The molecule has 4 saturated carbocycles. The van der Waals surface area contributed by atoms with Crippen LogP contribution in [0.2, 0.25) is 0 Å². The average Bonchev–Trinajstić information content (AvgIpc) is 2.65. The molecule has 5 fully saturated rings. The number of nitrogens with zero attached hydrogens (tertiary/aromatic N) is 2. The molecular formula is C24H34N2O2. The van der Waals surface area contributed by atoms with E-state index in [9.17, 15) is 4.79 Å². The molecule has 1 saturated heterocycles. The number of carbonyl (C=O) groups is 1. The lowest BCUT2D eigenvalue weighted by molar-refractivity contribution is -0.179. The largest absolute Gasteiger partial charge is 0.497 e. The van der Waals surface area contributed by atoms with E-state index in [1.54, 1.807) is 7.11 Å². The zero-order valence-corrected chi connectivity index (χ0v) is 17.7. The zero-order chi connectivity index (χ0) is 19.6. The highest BCUT2D eigenvalue weighted by molar-refractivity contribution is 5.84. The number of hydrogen-bond donors (Lipinski definition) is 0. The second kappa shape index (κ2) is 6.14. The van der Waals surface area contributed by atoms with E-state index in [4.69, 9.17) is 4.74 Å². The maximum Gasteiger partial charge on any atom is 0.228 e. The molecule has 2 atom stereocenters. The minimum Gasteiger partial charge on any atom is -0.497 e. The summed E-state index contributed by atoms with van der Waals surface area (Å²) in [5.41, 5.74) is 1.96. The summed E-state index contributed by atoms with van der Waals surface area (Å²) in [5, 5.41) is 0. The first-order valence-electron chi connectivity index (χ1n) is 11.0. The molecule has 1 amide bonds. The maximum absolute atomic E-state index is 13.8. The van der Waals surface area contributed by atoms with Crippen molar-refractivity contribution in [2.24, 2.45) is 22.2 Å². The van der Waals surface area contributed by atoms with Crippen LogP contribution in [0.15, 0.2) is 24.3 Å². The van der Waals surface area contributed by atoms with Gasteiger partial charge in [0, 0.05) is 31.9 Å². The van der Waals surface area contributed by atoms with Crippen LogP contribution in [-0.4, -0.2) is 44.1 Å². The summed E-state index contributed by atoms with van der Waals surface area (Å²) < 4.78 is 5.27. The van der Waals surface area contributed by atoms with Gasteiger partial charge in [-0.2, -0.15) is 0 Å². The van der Waals surface area contributed by atoms with Crippen molar-refractivity contribution in [2.45, 2.75) is 52.4 Å². The van der Waals surface area contributed by atoms with Gasteiger partial charge in [0.1, 0.15) is 5.75 Å². The van der Waals surface area contributed by atoms with Crippen molar-refractivity contribution in [3.8, 4) is 5.75 Å². The van der Waals surface area contributed by atoms with E-state index < -0.39 is 0 Å². The van der Waals surface area contributed by atoms with Gasteiger partial charge in [-0.05, 0) is 79.5 Å². The molecule has 1 heterocycles. The van der Waals surface area contributed by atoms with Gasteiger partial charge in [-0.25, -0.2) is 0 Å². The molecule has 0 N–H and O–H groups in total. The number of anilines is 1. The predicted octanol–water partition coefficient (Wildman–Crippen LogP) is 4.34. The van der Waals surface area contributed by atoms with Crippen LogP contribution in [0.1, 0.15) is 52.4 Å². The van der Waals surface area contributed by atoms with Crippen molar-refractivity contribution in [1.29, 1.82) is 0 Å². The molecule has 152 valence electrons. The predicted molar refractivity (Wildman–Crippen MR) is 112 cm³/mol. The molecule has 0 spiro atoms. The molecule has 2 unspecified atom stereocenters. The molecule has 1 aromatic rings. The first kappa shape index (κ1) is 18.3. The summed E-state index contributed by atoms with van der Waals surface area (Å²) in [6.07, 6.45) is 7.44. The third-order valence-corrected chi connectivity index (χ3v) is 8.08. The summed E-state index contributed by atoms with van der Waals surface area (Å²) in [6.45, 7) is 8.46. The second-order valence-electron chi connectivity index (χ2n) is 10.9. The van der Waals surface area contributed by atoms with Crippen molar-refractivity contribution >= 4 is 11.6 Å². The number of piperazine rings is 1. The standard InChI is InChI=1S/C24H34N2O2/c1-22-12-18-13-23(2,15-22)17-24(14-18,16-22)21(27)26-10-8-25(9-11-26)19-4-6-20(28-3)7-5-19/h4-7,18H,8-17H2,1-3H3. The molecule has 5 aliphatic rings. The van der Waals surface area contributed by atoms with Crippen LogP contribution >= 0.6 is 0 Å². The van der Waals surface area contributed by atoms with Crippen molar-refractivity contribution in [1.82, 2.24) is 4.90 Å². The Hall–Kier alpha value is -1.71. The van der Waals surface area contributed by atoms with Crippen LogP contribution in [0, 0.1) is 22.2 Å². The molecule has 0 radical (unpaired) electrons. The van der Waals surface area contributed by atoms with Gasteiger partial charge in [-0.3, -0.25) is 4.79 Å². The monoisotopic (exact) mass is 382 g/mol. The van der Waals surface area contributed by atoms with Crippen LogP contribution in [0.3, 0.4) is 0 Å². The Morgan fingerprint density at radius 3 is 2.07 bits per heavy atom. The number of rotatable bonds is 3. The van der Waals surface area contributed by atoms with Gasteiger partial charge in [-0.15, -0.1) is 0 Å². The minimum atomic E-state index is -0.0643. The van der Waals surface area contributed by atoms with E-state index in [0.717, 1.165) is 57.1 Å². The first-order chi connectivity index (χ1) is 13.3. The lowest BCUT2D eigenvalue weighted by Gasteiger charge is -2.65. The quantitative estimate of drug-likeness (QED) is 0.780. The number of hydrogen-bond acceptors (Lipinski definition) is 3. The fraction of sp³-hybridized carbons (Fsp3) is 0.708. The highest BCUT2D eigenvalue weighted by Gasteiger charge is 2.63. The van der Waals surface area contributed by atoms with Crippen molar-refractivity contribution < 1.29 is 9.53 Å². The Bertz CT molecular complexity index is 747. The van der Waals surface area contributed by atoms with Gasteiger partial charge in [0.05, 0.1) is 12.5 Å². The number of methoxy groups -OCH3 is 1. The normalized spacial score (nSPS) is 39.3. The highest BCUT2D eigenvalue weighted by Crippen LogP contribution is 2.69. The average molecular weight is 383 g/mol. The molecule has 6 rings (SSSR count). The van der Waals surface area contributed by atoms with Gasteiger partial charge in [0.2, 0.25) is 5.91 Å². The zero-order valence-electron chi connectivity index (χ0n) is 17.7. The molecular weight excluding hydrogens is 348 g/mol. The molecule has 0 aromatic heterocycles. The van der Waals surface area contributed by atoms with Gasteiger partial charge in [0.25, 0.3) is 0 Å². The Balaban J connectivity index is 1.28. The topological polar surface area (TPSA) is 32.8 Å². The van der Waals surface area contributed by atoms with E-state index in [2.05, 4.69) is 35.8 Å². The summed E-state index contributed by atoms with van der Waals surface area (Å²) in [5.74, 6) is 2.14. The maximum atomic E-state index is 13.8. The van der Waals surface area contributed by atoms with Crippen LogP contribution in [0.5, 0.6) is 5.75 Å². The Kier molecular flexibility index (Phi) is 4.02. The molecule has 4 nitrogen and oxygen atoms in total. The minimum absolute atomic E-state index is 0.0643. The van der Waals surface area contributed by atoms with Crippen molar-refractivity contribution in [2.75, 3.05) is 38.2 Å². The molecule has 1 aliphatic heterocycles.